The predicted molar refractivity (Wildman–Crippen MR) is 109 cm³/mol. The number of nitrogens with one attached hydrogen (secondary N) is 3. The Morgan fingerprint density at radius 2 is 1.79 bits per heavy atom. The summed E-state index contributed by atoms with van der Waals surface area (Å²) >= 11 is 0. The summed E-state index contributed by atoms with van der Waals surface area (Å²) in [6.45, 7) is 7.82. The molecule has 2 amide bonds. The summed E-state index contributed by atoms with van der Waals surface area (Å²) in [6, 6.07) is 8.22. The SMILES string of the molecule is CN=C(NCCNC(=O)OC(C)(C)C)NCC(=O)N1CCc2ccccc2C1. The summed E-state index contributed by atoms with van der Waals surface area (Å²) in [6.07, 6.45) is 0.420. The first-order valence-corrected chi connectivity index (χ1v) is 9.54. The molecule has 0 spiro atoms. The van der Waals surface area contributed by atoms with E-state index in [4.69, 9.17) is 4.74 Å². The van der Waals surface area contributed by atoms with Crippen LogP contribution in [0.15, 0.2) is 29.3 Å². The minimum atomic E-state index is -0.523. The van der Waals surface area contributed by atoms with Gasteiger partial charge in [-0.1, -0.05) is 24.3 Å². The van der Waals surface area contributed by atoms with Gasteiger partial charge in [0.1, 0.15) is 5.60 Å². The van der Waals surface area contributed by atoms with Gasteiger partial charge in [-0.05, 0) is 38.3 Å². The number of carbonyl (C=O) groups is 2. The van der Waals surface area contributed by atoms with E-state index in [0.29, 0.717) is 25.6 Å². The van der Waals surface area contributed by atoms with Crippen molar-refractivity contribution in [3.63, 3.8) is 0 Å². The number of amides is 2. The molecule has 1 aliphatic heterocycles. The van der Waals surface area contributed by atoms with Crippen LogP contribution in [0.1, 0.15) is 31.9 Å². The number of carbonyl (C=O) groups excluding carboxylic acids is 2. The number of fused-ring (bicyclic) bond motifs is 1. The largest absolute Gasteiger partial charge is 0.444 e. The Kier molecular flexibility index (Phi) is 7.66. The Bertz CT molecular complexity index is 712. The van der Waals surface area contributed by atoms with Gasteiger partial charge in [0.15, 0.2) is 5.96 Å². The lowest BCUT2D eigenvalue weighted by Crippen LogP contribution is -2.47. The average Bonchev–Trinajstić information content (AvgIpc) is 2.65. The molecule has 1 heterocycles. The third-order valence-corrected chi connectivity index (χ3v) is 4.20. The van der Waals surface area contributed by atoms with Crippen molar-refractivity contribution in [3.8, 4) is 0 Å². The van der Waals surface area contributed by atoms with Crippen LogP contribution >= 0.6 is 0 Å². The molecule has 1 aromatic carbocycles. The van der Waals surface area contributed by atoms with E-state index < -0.39 is 11.7 Å². The van der Waals surface area contributed by atoms with Gasteiger partial charge < -0.3 is 25.6 Å². The molecule has 154 valence electrons. The molecule has 28 heavy (non-hydrogen) atoms. The molecule has 8 nitrogen and oxygen atoms in total. The van der Waals surface area contributed by atoms with Gasteiger partial charge in [0.2, 0.25) is 5.91 Å². The van der Waals surface area contributed by atoms with Crippen LogP contribution in [0.2, 0.25) is 0 Å². The number of hydrogen-bond donors (Lipinski definition) is 3. The summed E-state index contributed by atoms with van der Waals surface area (Å²) in [4.78, 5) is 30.0. The number of aliphatic imine (C=N–C) groups is 1. The van der Waals surface area contributed by atoms with Gasteiger partial charge in [-0.3, -0.25) is 9.79 Å². The Labute approximate surface area is 166 Å². The Morgan fingerprint density at radius 1 is 1.11 bits per heavy atom. The summed E-state index contributed by atoms with van der Waals surface area (Å²) < 4.78 is 5.17. The van der Waals surface area contributed by atoms with Crippen molar-refractivity contribution in [1.29, 1.82) is 0 Å². The van der Waals surface area contributed by atoms with E-state index in [0.717, 1.165) is 13.0 Å². The average molecular weight is 390 g/mol. The molecule has 3 N–H and O–H groups in total. The summed E-state index contributed by atoms with van der Waals surface area (Å²) in [7, 11) is 1.64. The molecule has 0 unspecified atom stereocenters. The highest BCUT2D eigenvalue weighted by Crippen LogP contribution is 2.18. The fraction of sp³-hybridized carbons (Fsp3) is 0.550. The number of hydrogen-bond acceptors (Lipinski definition) is 4. The van der Waals surface area contributed by atoms with Crippen molar-refractivity contribution in [3.05, 3.63) is 35.4 Å². The molecule has 0 fully saturated rings. The Hall–Kier alpha value is -2.77. The van der Waals surface area contributed by atoms with Crippen molar-refractivity contribution < 1.29 is 14.3 Å². The normalized spacial score (nSPS) is 14.1. The number of alkyl carbamates (subject to hydrolysis) is 1. The second-order valence-corrected chi connectivity index (χ2v) is 7.62. The van der Waals surface area contributed by atoms with Crippen LogP contribution in [0.3, 0.4) is 0 Å². The molecule has 0 saturated heterocycles. The lowest BCUT2D eigenvalue weighted by atomic mass is 10.00. The van der Waals surface area contributed by atoms with E-state index in [1.54, 1.807) is 7.05 Å². The van der Waals surface area contributed by atoms with Gasteiger partial charge in [0, 0.05) is 33.2 Å². The third kappa shape index (κ3) is 7.09. The molecule has 0 aromatic heterocycles. The summed E-state index contributed by atoms with van der Waals surface area (Å²) in [5.74, 6) is 0.543. The zero-order chi connectivity index (χ0) is 20.6. The van der Waals surface area contributed by atoms with Crippen molar-refractivity contribution in [2.45, 2.75) is 39.3 Å². The second-order valence-electron chi connectivity index (χ2n) is 7.62. The standard InChI is InChI=1S/C20H31N5O3/c1-20(2,3)28-19(27)23-11-10-22-18(21-4)24-13-17(26)25-12-9-15-7-5-6-8-16(15)14-25/h5-8H,9-14H2,1-4H3,(H,23,27)(H2,21,22,24). The third-order valence-electron chi connectivity index (χ3n) is 4.20. The molecule has 0 saturated carbocycles. The highest BCUT2D eigenvalue weighted by Gasteiger charge is 2.20. The molecule has 2 rings (SSSR count). The highest BCUT2D eigenvalue weighted by molar-refractivity contribution is 5.86. The van der Waals surface area contributed by atoms with Crippen LogP contribution in [0.25, 0.3) is 0 Å². The Balaban J connectivity index is 1.68. The lowest BCUT2D eigenvalue weighted by Gasteiger charge is -2.29. The molecule has 0 aliphatic carbocycles. The van der Waals surface area contributed by atoms with E-state index in [9.17, 15) is 9.59 Å². The van der Waals surface area contributed by atoms with Crippen LogP contribution in [0.4, 0.5) is 4.79 Å². The highest BCUT2D eigenvalue weighted by atomic mass is 16.6. The van der Waals surface area contributed by atoms with Gasteiger partial charge in [0.25, 0.3) is 0 Å². The minimum absolute atomic E-state index is 0.0318. The van der Waals surface area contributed by atoms with E-state index in [1.165, 1.54) is 11.1 Å². The van der Waals surface area contributed by atoms with E-state index in [-0.39, 0.29) is 12.5 Å². The lowest BCUT2D eigenvalue weighted by molar-refractivity contribution is -0.130. The van der Waals surface area contributed by atoms with Crippen molar-refractivity contribution in [2.75, 3.05) is 33.2 Å². The molecule has 1 aromatic rings. The van der Waals surface area contributed by atoms with Crippen LogP contribution in [0.5, 0.6) is 0 Å². The molecule has 1 aliphatic rings. The van der Waals surface area contributed by atoms with Crippen molar-refractivity contribution >= 4 is 18.0 Å². The van der Waals surface area contributed by atoms with Crippen LogP contribution < -0.4 is 16.0 Å². The van der Waals surface area contributed by atoms with Gasteiger partial charge in [-0.25, -0.2) is 4.79 Å². The number of ether oxygens (including phenoxy) is 1. The van der Waals surface area contributed by atoms with Crippen LogP contribution in [-0.2, 0) is 22.5 Å². The second kappa shape index (κ2) is 9.96. The van der Waals surface area contributed by atoms with Gasteiger partial charge in [-0.2, -0.15) is 0 Å². The zero-order valence-corrected chi connectivity index (χ0v) is 17.2. The zero-order valence-electron chi connectivity index (χ0n) is 17.2. The molecule has 0 bridgehead atoms. The molecule has 0 radical (unpaired) electrons. The van der Waals surface area contributed by atoms with E-state index >= 15 is 0 Å². The first-order valence-electron chi connectivity index (χ1n) is 9.54. The fourth-order valence-corrected chi connectivity index (χ4v) is 2.86. The van der Waals surface area contributed by atoms with Gasteiger partial charge >= 0.3 is 6.09 Å². The smallest absolute Gasteiger partial charge is 0.407 e. The fourth-order valence-electron chi connectivity index (χ4n) is 2.86. The predicted octanol–water partition coefficient (Wildman–Crippen LogP) is 1.26. The number of guanidine groups is 1. The molecule has 8 heteroatoms. The number of nitrogens with zero attached hydrogens (tertiary/aromatic N) is 2. The maximum atomic E-state index is 12.5. The summed E-state index contributed by atoms with van der Waals surface area (Å²) in [5.41, 5.74) is 2.00. The Morgan fingerprint density at radius 3 is 2.46 bits per heavy atom. The first kappa shape index (κ1) is 21.5. The van der Waals surface area contributed by atoms with Gasteiger partial charge in [0.05, 0.1) is 6.54 Å². The monoisotopic (exact) mass is 389 g/mol. The molecular weight excluding hydrogens is 358 g/mol. The minimum Gasteiger partial charge on any atom is -0.444 e. The maximum Gasteiger partial charge on any atom is 0.407 e. The van der Waals surface area contributed by atoms with Crippen molar-refractivity contribution in [2.24, 2.45) is 4.99 Å². The quantitative estimate of drug-likeness (QED) is 0.400. The summed E-state index contributed by atoms with van der Waals surface area (Å²) in [5, 5.41) is 8.74. The maximum absolute atomic E-state index is 12.5. The van der Waals surface area contributed by atoms with E-state index in [1.807, 2.05) is 37.8 Å². The topological polar surface area (TPSA) is 95.1 Å². The van der Waals surface area contributed by atoms with Crippen LogP contribution in [-0.4, -0.2) is 61.7 Å². The first-order chi connectivity index (χ1) is 13.3. The number of rotatable bonds is 5. The van der Waals surface area contributed by atoms with Crippen molar-refractivity contribution in [1.82, 2.24) is 20.9 Å². The molecule has 0 atom stereocenters. The molecular formula is C20H31N5O3. The van der Waals surface area contributed by atoms with Gasteiger partial charge in [-0.15, -0.1) is 0 Å². The van der Waals surface area contributed by atoms with E-state index in [2.05, 4.69) is 33.1 Å². The van der Waals surface area contributed by atoms with Crippen LogP contribution in [0, 0.1) is 0 Å². The number of benzene rings is 1.